The number of methoxy groups -OCH3 is 2. The van der Waals surface area contributed by atoms with Crippen LogP contribution in [-0.2, 0) is 20.4 Å². The minimum atomic E-state index is -4.53. The molecule has 0 aliphatic heterocycles. The molecule has 5 nitrogen and oxygen atoms in total. The minimum absolute atomic E-state index is 0.0124. The molecule has 0 atom stereocenters. The van der Waals surface area contributed by atoms with Crippen LogP contribution < -0.4 is 5.43 Å². The van der Waals surface area contributed by atoms with Crippen LogP contribution in [0.5, 0.6) is 0 Å². The number of amides is 1. The summed E-state index contributed by atoms with van der Waals surface area (Å²) in [6, 6.07) is 3.78. The highest BCUT2D eigenvalue weighted by atomic mass is 19.4. The summed E-state index contributed by atoms with van der Waals surface area (Å²) in [5.41, 5.74) is 1.65. The molecule has 0 heterocycles. The van der Waals surface area contributed by atoms with Gasteiger partial charge < -0.3 is 9.47 Å². The van der Waals surface area contributed by atoms with Crippen molar-refractivity contribution < 1.29 is 27.4 Å². The van der Waals surface area contributed by atoms with Crippen LogP contribution in [0, 0.1) is 0 Å². The maximum atomic E-state index is 13.2. The van der Waals surface area contributed by atoms with Crippen LogP contribution in [0.15, 0.2) is 29.4 Å². The summed E-state index contributed by atoms with van der Waals surface area (Å²) in [4.78, 5) is 10.3. The van der Waals surface area contributed by atoms with Crippen molar-refractivity contribution >= 4 is 18.2 Å². The van der Waals surface area contributed by atoms with Gasteiger partial charge in [0, 0.05) is 19.8 Å². The van der Waals surface area contributed by atoms with Gasteiger partial charge in [0.05, 0.1) is 24.5 Å². The maximum Gasteiger partial charge on any atom is 0.417 e. The fourth-order valence-electron chi connectivity index (χ4n) is 1.82. The number of benzene rings is 1. The molecule has 0 saturated heterocycles. The quantitative estimate of drug-likeness (QED) is 0.452. The molecule has 1 N–H and O–H groups in total. The third kappa shape index (κ3) is 5.84. The molecule has 0 radical (unpaired) electrons. The predicted octanol–water partition coefficient (Wildman–Crippen LogP) is 2.46. The van der Waals surface area contributed by atoms with Gasteiger partial charge in [0.25, 0.3) is 0 Å². The number of ether oxygens (including phenoxy) is 2. The number of rotatable bonds is 8. The number of nitrogens with zero attached hydrogens (tertiary/aromatic N) is 1. The molecule has 0 aromatic heterocycles. The Morgan fingerprint density at radius 3 is 2.61 bits per heavy atom. The van der Waals surface area contributed by atoms with Gasteiger partial charge >= 0.3 is 6.18 Å². The molecule has 1 amide bonds. The van der Waals surface area contributed by atoms with Crippen LogP contribution in [-0.4, -0.2) is 39.6 Å². The Labute approximate surface area is 131 Å². The summed E-state index contributed by atoms with van der Waals surface area (Å²) in [7, 11) is 2.83. The van der Waals surface area contributed by atoms with E-state index < -0.39 is 11.7 Å². The summed E-state index contributed by atoms with van der Waals surface area (Å²) >= 11 is 0. The summed E-state index contributed by atoms with van der Waals surface area (Å²) in [5, 5.41) is 3.70. The van der Waals surface area contributed by atoms with Crippen molar-refractivity contribution in [2.24, 2.45) is 5.10 Å². The monoisotopic (exact) mass is 330 g/mol. The normalized spacial score (nSPS) is 12.7. The SMILES string of the molecule is COC/C=C/c1ccc(/C(COC)=N/NC=O)cc1C(F)(F)F. The lowest BCUT2D eigenvalue weighted by Gasteiger charge is -2.13. The Balaban J connectivity index is 3.29. The molecule has 0 aliphatic carbocycles. The third-order valence-electron chi connectivity index (χ3n) is 2.79. The van der Waals surface area contributed by atoms with Gasteiger partial charge in [-0.15, -0.1) is 0 Å². The van der Waals surface area contributed by atoms with E-state index in [0.29, 0.717) is 6.41 Å². The summed E-state index contributed by atoms with van der Waals surface area (Å²) in [5.74, 6) is 0. The smallest absolute Gasteiger partial charge is 0.381 e. The second-order valence-electron chi connectivity index (χ2n) is 4.40. The van der Waals surface area contributed by atoms with Gasteiger partial charge in [-0.25, -0.2) is 5.43 Å². The van der Waals surface area contributed by atoms with E-state index in [4.69, 9.17) is 9.47 Å². The Hall–Kier alpha value is -2.19. The average molecular weight is 330 g/mol. The van der Waals surface area contributed by atoms with Gasteiger partial charge in [-0.3, -0.25) is 4.79 Å². The first kappa shape index (κ1) is 18.9. The predicted molar refractivity (Wildman–Crippen MR) is 80.0 cm³/mol. The molecule has 0 fully saturated rings. The zero-order chi connectivity index (χ0) is 17.3. The summed E-state index contributed by atoms with van der Waals surface area (Å²) < 4.78 is 49.4. The lowest BCUT2D eigenvalue weighted by Crippen LogP contribution is -2.16. The van der Waals surface area contributed by atoms with Crippen LogP contribution >= 0.6 is 0 Å². The molecule has 0 saturated carbocycles. The van der Waals surface area contributed by atoms with E-state index in [0.717, 1.165) is 6.07 Å². The molecule has 0 bridgehead atoms. The molecular formula is C15H17F3N2O3. The average Bonchev–Trinajstić information content (AvgIpc) is 2.51. The number of halogens is 3. The number of hydrogen-bond donors (Lipinski definition) is 1. The molecular weight excluding hydrogens is 313 g/mol. The zero-order valence-electron chi connectivity index (χ0n) is 12.7. The number of carbonyl (C=O) groups excluding carboxylic acids is 1. The largest absolute Gasteiger partial charge is 0.417 e. The Kier molecular flexibility index (Phi) is 7.43. The number of nitrogens with one attached hydrogen (secondary N) is 1. The van der Waals surface area contributed by atoms with Gasteiger partial charge in [0.2, 0.25) is 6.41 Å². The van der Waals surface area contributed by atoms with Crippen molar-refractivity contribution in [2.75, 3.05) is 27.4 Å². The van der Waals surface area contributed by atoms with Crippen LogP contribution in [0.3, 0.4) is 0 Å². The van der Waals surface area contributed by atoms with Crippen LogP contribution in [0.2, 0.25) is 0 Å². The maximum absolute atomic E-state index is 13.2. The van der Waals surface area contributed by atoms with Gasteiger partial charge in [-0.05, 0) is 11.6 Å². The van der Waals surface area contributed by atoms with Gasteiger partial charge in [-0.2, -0.15) is 18.3 Å². The third-order valence-corrected chi connectivity index (χ3v) is 2.79. The van der Waals surface area contributed by atoms with Crippen molar-refractivity contribution in [3.8, 4) is 0 Å². The van der Waals surface area contributed by atoms with Gasteiger partial charge in [0.1, 0.15) is 0 Å². The molecule has 1 aromatic rings. The summed E-state index contributed by atoms with van der Waals surface area (Å²) in [6.45, 7) is 0.162. The minimum Gasteiger partial charge on any atom is -0.381 e. The fourth-order valence-corrected chi connectivity index (χ4v) is 1.82. The molecule has 0 spiro atoms. The first-order valence-electron chi connectivity index (χ1n) is 6.55. The molecule has 0 unspecified atom stereocenters. The standard InChI is InChI=1S/C15H17F3N2O3/c1-22-7-3-4-11-5-6-12(8-13(11)15(16,17)18)14(9-23-2)20-19-10-21/h3-6,8,10H,7,9H2,1-2H3,(H,19,21)/b4-3+,20-14+. The van der Waals surface area contributed by atoms with E-state index in [2.05, 4.69) is 10.5 Å². The highest BCUT2D eigenvalue weighted by Crippen LogP contribution is 2.33. The van der Waals surface area contributed by atoms with E-state index in [1.54, 1.807) is 0 Å². The van der Waals surface area contributed by atoms with E-state index in [1.165, 1.54) is 38.5 Å². The highest BCUT2D eigenvalue weighted by Gasteiger charge is 2.33. The second kappa shape index (κ2) is 9.06. The molecule has 1 aromatic carbocycles. The van der Waals surface area contributed by atoms with E-state index in [1.807, 2.05) is 0 Å². The Morgan fingerprint density at radius 1 is 1.30 bits per heavy atom. The first-order chi connectivity index (χ1) is 10.9. The number of hydrazone groups is 1. The zero-order valence-corrected chi connectivity index (χ0v) is 12.7. The van der Waals surface area contributed by atoms with Crippen molar-refractivity contribution in [3.63, 3.8) is 0 Å². The van der Waals surface area contributed by atoms with E-state index >= 15 is 0 Å². The van der Waals surface area contributed by atoms with Crippen molar-refractivity contribution in [1.82, 2.24) is 5.43 Å². The molecule has 23 heavy (non-hydrogen) atoms. The Morgan fingerprint density at radius 2 is 2.04 bits per heavy atom. The van der Waals surface area contributed by atoms with Crippen molar-refractivity contribution in [3.05, 3.63) is 41.0 Å². The Bertz CT molecular complexity index is 584. The topological polar surface area (TPSA) is 59.9 Å². The molecule has 8 heteroatoms. The fraction of sp³-hybridized carbons (Fsp3) is 0.333. The first-order valence-corrected chi connectivity index (χ1v) is 6.55. The van der Waals surface area contributed by atoms with Gasteiger partial charge in [0.15, 0.2) is 0 Å². The van der Waals surface area contributed by atoms with E-state index in [-0.39, 0.29) is 30.1 Å². The number of alkyl halides is 3. The molecule has 1 rings (SSSR count). The van der Waals surface area contributed by atoms with Crippen LogP contribution in [0.4, 0.5) is 13.2 Å². The second-order valence-corrected chi connectivity index (χ2v) is 4.40. The summed E-state index contributed by atoms with van der Waals surface area (Å²) in [6.07, 6.45) is -1.38. The van der Waals surface area contributed by atoms with Crippen molar-refractivity contribution in [2.45, 2.75) is 6.18 Å². The lowest BCUT2D eigenvalue weighted by molar-refractivity contribution is -0.137. The van der Waals surface area contributed by atoms with Crippen LogP contribution in [0.25, 0.3) is 6.08 Å². The highest BCUT2D eigenvalue weighted by molar-refractivity contribution is 6.02. The van der Waals surface area contributed by atoms with Crippen molar-refractivity contribution in [1.29, 1.82) is 0 Å². The number of hydrogen-bond acceptors (Lipinski definition) is 4. The van der Waals surface area contributed by atoms with E-state index in [9.17, 15) is 18.0 Å². The van der Waals surface area contributed by atoms with Gasteiger partial charge in [-0.1, -0.05) is 24.3 Å². The molecule has 0 aliphatic rings. The molecule has 126 valence electrons. The lowest BCUT2D eigenvalue weighted by atomic mass is 10.0. The number of carbonyl (C=O) groups is 1. The van der Waals surface area contributed by atoms with Crippen LogP contribution in [0.1, 0.15) is 16.7 Å².